The standard InChI is InChI=1S/C14H16FN5O/c1-9-2-3-10(8-11(9)15)12-17-13(16)19-14(18-12)20-4-6-21-7-5-20/h2-3,8H,4-7H2,1H3,(H2,16,17,18,19). The highest BCUT2D eigenvalue weighted by Crippen LogP contribution is 2.21. The van der Waals surface area contributed by atoms with Crippen LogP contribution in [-0.4, -0.2) is 41.3 Å². The summed E-state index contributed by atoms with van der Waals surface area (Å²) in [4.78, 5) is 14.6. The van der Waals surface area contributed by atoms with Crippen molar-refractivity contribution in [2.24, 2.45) is 0 Å². The van der Waals surface area contributed by atoms with E-state index >= 15 is 0 Å². The van der Waals surface area contributed by atoms with Crippen LogP contribution >= 0.6 is 0 Å². The molecule has 2 N–H and O–H groups in total. The highest BCUT2D eigenvalue weighted by Gasteiger charge is 2.16. The van der Waals surface area contributed by atoms with Crippen molar-refractivity contribution >= 4 is 11.9 Å². The zero-order valence-electron chi connectivity index (χ0n) is 11.7. The topological polar surface area (TPSA) is 77.2 Å². The Morgan fingerprint density at radius 1 is 1.19 bits per heavy atom. The Hall–Kier alpha value is -2.28. The number of benzene rings is 1. The highest BCUT2D eigenvalue weighted by molar-refractivity contribution is 5.58. The molecular weight excluding hydrogens is 273 g/mol. The maximum atomic E-state index is 13.7. The normalized spacial score (nSPS) is 15.2. The van der Waals surface area contributed by atoms with Crippen molar-refractivity contribution in [3.8, 4) is 11.4 Å². The minimum Gasteiger partial charge on any atom is -0.378 e. The lowest BCUT2D eigenvalue weighted by Gasteiger charge is -2.26. The minimum atomic E-state index is -0.292. The van der Waals surface area contributed by atoms with E-state index in [-0.39, 0.29) is 11.8 Å². The summed E-state index contributed by atoms with van der Waals surface area (Å²) < 4.78 is 19.0. The van der Waals surface area contributed by atoms with Crippen LogP contribution in [0.25, 0.3) is 11.4 Å². The van der Waals surface area contributed by atoms with Gasteiger partial charge in [0.05, 0.1) is 13.2 Å². The lowest BCUT2D eigenvalue weighted by Crippen LogP contribution is -2.37. The van der Waals surface area contributed by atoms with E-state index in [9.17, 15) is 4.39 Å². The average molecular weight is 289 g/mol. The van der Waals surface area contributed by atoms with E-state index in [0.717, 1.165) is 0 Å². The molecule has 1 aliphatic rings. The number of anilines is 2. The molecule has 0 unspecified atom stereocenters. The first-order valence-electron chi connectivity index (χ1n) is 6.74. The van der Waals surface area contributed by atoms with Crippen LogP contribution in [-0.2, 0) is 4.74 Å². The van der Waals surface area contributed by atoms with Crippen molar-refractivity contribution < 1.29 is 9.13 Å². The van der Waals surface area contributed by atoms with Crippen molar-refractivity contribution in [3.05, 3.63) is 29.6 Å². The Bertz CT molecular complexity index is 658. The van der Waals surface area contributed by atoms with E-state index in [2.05, 4.69) is 15.0 Å². The lowest BCUT2D eigenvalue weighted by molar-refractivity contribution is 0.122. The Kier molecular flexibility index (Phi) is 3.66. The molecule has 3 rings (SSSR count). The average Bonchev–Trinajstić information content (AvgIpc) is 2.50. The molecule has 0 atom stereocenters. The van der Waals surface area contributed by atoms with Crippen LogP contribution in [0.2, 0.25) is 0 Å². The molecule has 2 heterocycles. The van der Waals surface area contributed by atoms with Crippen LogP contribution in [0.4, 0.5) is 16.3 Å². The molecule has 1 saturated heterocycles. The second kappa shape index (κ2) is 5.61. The van der Waals surface area contributed by atoms with Gasteiger partial charge in [-0.15, -0.1) is 0 Å². The number of aryl methyl sites for hydroxylation is 1. The zero-order chi connectivity index (χ0) is 14.8. The molecule has 6 nitrogen and oxygen atoms in total. The molecule has 0 spiro atoms. The van der Waals surface area contributed by atoms with Crippen LogP contribution in [0.1, 0.15) is 5.56 Å². The molecule has 0 amide bonds. The molecule has 1 aromatic heterocycles. The molecule has 1 fully saturated rings. The van der Waals surface area contributed by atoms with Crippen molar-refractivity contribution in [1.29, 1.82) is 0 Å². The summed E-state index contributed by atoms with van der Waals surface area (Å²) >= 11 is 0. The predicted molar refractivity (Wildman–Crippen MR) is 77.4 cm³/mol. The molecular formula is C14H16FN5O. The summed E-state index contributed by atoms with van der Waals surface area (Å²) in [5.41, 5.74) is 6.92. The van der Waals surface area contributed by atoms with Gasteiger partial charge in [0, 0.05) is 18.7 Å². The third-order valence-electron chi connectivity index (χ3n) is 3.36. The molecule has 21 heavy (non-hydrogen) atoms. The smallest absolute Gasteiger partial charge is 0.230 e. The number of hydrogen-bond donors (Lipinski definition) is 1. The van der Waals surface area contributed by atoms with Gasteiger partial charge in [-0.05, 0) is 18.6 Å². The molecule has 1 aliphatic heterocycles. The van der Waals surface area contributed by atoms with E-state index in [1.54, 1.807) is 19.1 Å². The zero-order valence-corrected chi connectivity index (χ0v) is 11.7. The summed E-state index contributed by atoms with van der Waals surface area (Å²) in [5, 5.41) is 0. The summed E-state index contributed by atoms with van der Waals surface area (Å²) in [6, 6.07) is 4.88. The van der Waals surface area contributed by atoms with Crippen LogP contribution in [0.15, 0.2) is 18.2 Å². The molecule has 0 saturated carbocycles. The van der Waals surface area contributed by atoms with Gasteiger partial charge >= 0.3 is 0 Å². The monoisotopic (exact) mass is 289 g/mol. The highest BCUT2D eigenvalue weighted by atomic mass is 19.1. The number of aromatic nitrogens is 3. The van der Waals surface area contributed by atoms with Crippen molar-refractivity contribution in [2.75, 3.05) is 36.9 Å². The van der Waals surface area contributed by atoms with Gasteiger partial charge in [0.1, 0.15) is 5.82 Å². The molecule has 0 bridgehead atoms. The molecule has 0 aliphatic carbocycles. The predicted octanol–water partition coefficient (Wildman–Crippen LogP) is 1.40. The van der Waals surface area contributed by atoms with Gasteiger partial charge in [0.2, 0.25) is 11.9 Å². The van der Waals surface area contributed by atoms with Gasteiger partial charge in [-0.2, -0.15) is 15.0 Å². The van der Waals surface area contributed by atoms with E-state index in [1.807, 2.05) is 4.90 Å². The van der Waals surface area contributed by atoms with Crippen LogP contribution in [0, 0.1) is 12.7 Å². The number of nitrogen functional groups attached to an aromatic ring is 1. The first-order valence-corrected chi connectivity index (χ1v) is 6.74. The summed E-state index contributed by atoms with van der Waals surface area (Å²) in [7, 11) is 0. The summed E-state index contributed by atoms with van der Waals surface area (Å²) in [5.74, 6) is 0.714. The Labute approximate surface area is 121 Å². The van der Waals surface area contributed by atoms with E-state index in [0.29, 0.717) is 49.2 Å². The minimum absolute atomic E-state index is 0.127. The fourth-order valence-electron chi connectivity index (χ4n) is 2.15. The second-order valence-electron chi connectivity index (χ2n) is 4.88. The summed E-state index contributed by atoms with van der Waals surface area (Å²) in [6.07, 6.45) is 0. The Balaban J connectivity index is 1.98. The summed E-state index contributed by atoms with van der Waals surface area (Å²) in [6.45, 7) is 4.36. The van der Waals surface area contributed by atoms with Crippen molar-refractivity contribution in [3.63, 3.8) is 0 Å². The molecule has 110 valence electrons. The number of rotatable bonds is 2. The molecule has 1 aromatic carbocycles. The largest absolute Gasteiger partial charge is 0.378 e. The Morgan fingerprint density at radius 3 is 2.67 bits per heavy atom. The van der Waals surface area contributed by atoms with Gasteiger partial charge in [0.15, 0.2) is 5.82 Å². The number of nitrogens with two attached hydrogens (primary N) is 1. The fourth-order valence-corrected chi connectivity index (χ4v) is 2.15. The number of hydrogen-bond acceptors (Lipinski definition) is 6. The number of nitrogens with zero attached hydrogens (tertiary/aromatic N) is 4. The van der Waals surface area contributed by atoms with Gasteiger partial charge < -0.3 is 15.4 Å². The third kappa shape index (κ3) is 2.92. The second-order valence-corrected chi connectivity index (χ2v) is 4.88. The van der Waals surface area contributed by atoms with Gasteiger partial charge in [-0.3, -0.25) is 0 Å². The van der Waals surface area contributed by atoms with E-state index in [4.69, 9.17) is 10.5 Å². The van der Waals surface area contributed by atoms with E-state index in [1.165, 1.54) is 6.07 Å². The maximum absolute atomic E-state index is 13.7. The maximum Gasteiger partial charge on any atom is 0.230 e. The lowest BCUT2D eigenvalue weighted by atomic mass is 10.1. The van der Waals surface area contributed by atoms with Crippen molar-refractivity contribution in [1.82, 2.24) is 15.0 Å². The van der Waals surface area contributed by atoms with Gasteiger partial charge in [0.25, 0.3) is 0 Å². The van der Waals surface area contributed by atoms with E-state index < -0.39 is 0 Å². The first-order chi connectivity index (χ1) is 10.1. The molecule has 7 heteroatoms. The SMILES string of the molecule is Cc1ccc(-c2nc(N)nc(N3CCOCC3)n2)cc1F. The van der Waals surface area contributed by atoms with Crippen LogP contribution in [0.5, 0.6) is 0 Å². The van der Waals surface area contributed by atoms with Crippen molar-refractivity contribution in [2.45, 2.75) is 6.92 Å². The van der Waals surface area contributed by atoms with Gasteiger partial charge in [-0.25, -0.2) is 4.39 Å². The number of ether oxygens (including phenoxy) is 1. The third-order valence-corrected chi connectivity index (χ3v) is 3.36. The van der Waals surface area contributed by atoms with Crippen LogP contribution in [0.3, 0.4) is 0 Å². The van der Waals surface area contributed by atoms with Gasteiger partial charge in [-0.1, -0.05) is 12.1 Å². The molecule has 2 aromatic rings. The molecule has 0 radical (unpaired) electrons. The number of morpholine rings is 1. The number of halogens is 1. The first kappa shape index (κ1) is 13.7. The quantitative estimate of drug-likeness (QED) is 0.900. The Morgan fingerprint density at radius 2 is 1.95 bits per heavy atom. The van der Waals surface area contributed by atoms with Crippen LogP contribution < -0.4 is 10.6 Å². The fraction of sp³-hybridized carbons (Fsp3) is 0.357.